The number of rotatable bonds is 3. The van der Waals surface area contributed by atoms with Gasteiger partial charge in [-0.05, 0) is 36.8 Å². The Labute approximate surface area is 123 Å². The van der Waals surface area contributed by atoms with Crippen molar-refractivity contribution in [2.45, 2.75) is 19.4 Å². The summed E-state index contributed by atoms with van der Waals surface area (Å²) in [5, 5.41) is 6.65. The Bertz CT molecular complexity index is 652. The summed E-state index contributed by atoms with van der Waals surface area (Å²) in [7, 11) is 0. The number of oxime groups is 1. The molecule has 0 aromatic heterocycles. The van der Waals surface area contributed by atoms with Gasteiger partial charge in [0.25, 0.3) is 5.91 Å². The number of carbonyl (C=O) groups excluding carboxylic acids is 1. The zero-order valence-corrected chi connectivity index (χ0v) is 11.7. The highest BCUT2D eigenvalue weighted by atomic mass is 16.6. The molecule has 0 radical (unpaired) electrons. The van der Waals surface area contributed by atoms with Crippen LogP contribution in [-0.4, -0.2) is 12.1 Å². The lowest BCUT2D eigenvalue weighted by atomic mass is 10.1. The number of amides is 1. The van der Waals surface area contributed by atoms with E-state index in [0.29, 0.717) is 5.56 Å². The topological polar surface area (TPSA) is 50.7 Å². The van der Waals surface area contributed by atoms with Crippen molar-refractivity contribution >= 4 is 17.8 Å². The third-order valence-electron chi connectivity index (χ3n) is 3.44. The van der Waals surface area contributed by atoms with Gasteiger partial charge in [0.15, 0.2) is 6.10 Å². The van der Waals surface area contributed by atoms with Gasteiger partial charge in [0, 0.05) is 23.9 Å². The summed E-state index contributed by atoms with van der Waals surface area (Å²) in [4.78, 5) is 17.3. The molecule has 1 aliphatic heterocycles. The summed E-state index contributed by atoms with van der Waals surface area (Å²) in [6.07, 6.45) is 2.54. The minimum Gasteiger partial charge on any atom is -0.388 e. The predicted molar refractivity (Wildman–Crippen MR) is 82.5 cm³/mol. The second-order valence-electron chi connectivity index (χ2n) is 5.06. The van der Waals surface area contributed by atoms with Crippen molar-refractivity contribution in [1.29, 1.82) is 0 Å². The quantitative estimate of drug-likeness (QED) is 0.932. The van der Waals surface area contributed by atoms with Crippen molar-refractivity contribution in [3.8, 4) is 0 Å². The molecule has 0 saturated carbocycles. The average Bonchev–Trinajstić information content (AvgIpc) is 3.03. The normalized spacial score (nSPS) is 16.5. The fraction of sp³-hybridized carbons (Fsp3) is 0.176. The summed E-state index contributed by atoms with van der Waals surface area (Å²) < 4.78 is 0. The van der Waals surface area contributed by atoms with Gasteiger partial charge in [-0.25, -0.2) is 0 Å². The molecule has 21 heavy (non-hydrogen) atoms. The maximum atomic E-state index is 12.1. The van der Waals surface area contributed by atoms with Crippen molar-refractivity contribution in [2.75, 3.05) is 5.32 Å². The van der Waals surface area contributed by atoms with Crippen LogP contribution in [-0.2, 0) is 4.84 Å². The molecule has 2 aromatic carbocycles. The Kier molecular flexibility index (Phi) is 3.69. The zero-order chi connectivity index (χ0) is 14.7. The summed E-state index contributed by atoms with van der Waals surface area (Å²) in [5.74, 6) is -0.108. The number of anilines is 1. The Morgan fingerprint density at radius 3 is 2.48 bits per heavy atom. The largest absolute Gasteiger partial charge is 0.388 e. The standard InChI is InChI=1S/C17H16N2O2/c1-12-2-4-14(5-3-12)17(20)19-15-8-6-13(7-9-15)16-10-11-18-21-16/h2-9,11,16H,10H2,1H3,(H,19,20)/t16-/m1/s1. The van der Waals surface area contributed by atoms with E-state index in [4.69, 9.17) is 4.84 Å². The fourth-order valence-electron chi connectivity index (χ4n) is 2.18. The summed E-state index contributed by atoms with van der Waals surface area (Å²) in [5.41, 5.74) is 3.61. The zero-order valence-electron chi connectivity index (χ0n) is 11.7. The molecule has 4 heteroatoms. The van der Waals surface area contributed by atoms with Crippen LogP contribution in [0.1, 0.15) is 34.0 Å². The van der Waals surface area contributed by atoms with Crippen LogP contribution in [0.3, 0.4) is 0 Å². The second-order valence-corrected chi connectivity index (χ2v) is 5.06. The first-order valence-corrected chi connectivity index (χ1v) is 6.88. The number of hydrogen-bond acceptors (Lipinski definition) is 3. The van der Waals surface area contributed by atoms with Gasteiger partial charge in [-0.1, -0.05) is 35.0 Å². The van der Waals surface area contributed by atoms with E-state index < -0.39 is 0 Å². The third kappa shape index (κ3) is 3.11. The highest BCUT2D eigenvalue weighted by molar-refractivity contribution is 6.04. The van der Waals surface area contributed by atoms with Crippen LogP contribution < -0.4 is 5.32 Å². The molecule has 1 atom stereocenters. The van der Waals surface area contributed by atoms with Crippen molar-refractivity contribution in [2.24, 2.45) is 5.16 Å². The number of benzene rings is 2. The molecule has 4 nitrogen and oxygen atoms in total. The molecule has 0 saturated heterocycles. The molecule has 1 heterocycles. The maximum Gasteiger partial charge on any atom is 0.255 e. The number of carbonyl (C=O) groups is 1. The van der Waals surface area contributed by atoms with E-state index in [1.807, 2.05) is 55.5 Å². The van der Waals surface area contributed by atoms with E-state index in [2.05, 4.69) is 10.5 Å². The molecule has 2 aromatic rings. The molecule has 0 aliphatic carbocycles. The number of hydrogen-bond donors (Lipinski definition) is 1. The Morgan fingerprint density at radius 1 is 1.14 bits per heavy atom. The second kappa shape index (κ2) is 5.79. The first-order chi connectivity index (χ1) is 10.2. The molecule has 0 spiro atoms. The lowest BCUT2D eigenvalue weighted by Gasteiger charge is -2.10. The van der Waals surface area contributed by atoms with Gasteiger partial charge in [0.2, 0.25) is 0 Å². The molecule has 3 rings (SSSR count). The van der Waals surface area contributed by atoms with E-state index in [-0.39, 0.29) is 12.0 Å². The molecule has 0 fully saturated rings. The summed E-state index contributed by atoms with van der Waals surface area (Å²) in [6, 6.07) is 15.1. The van der Waals surface area contributed by atoms with E-state index in [1.54, 1.807) is 6.21 Å². The van der Waals surface area contributed by atoms with Gasteiger partial charge in [0.1, 0.15) is 0 Å². The number of nitrogens with zero attached hydrogens (tertiary/aromatic N) is 1. The van der Waals surface area contributed by atoms with Gasteiger partial charge in [-0.15, -0.1) is 0 Å². The molecule has 1 aliphatic rings. The molecular weight excluding hydrogens is 264 g/mol. The van der Waals surface area contributed by atoms with Crippen LogP contribution in [0.4, 0.5) is 5.69 Å². The van der Waals surface area contributed by atoms with E-state index in [1.165, 1.54) is 0 Å². The highest BCUT2D eigenvalue weighted by Crippen LogP contribution is 2.25. The SMILES string of the molecule is Cc1ccc(C(=O)Nc2ccc([C@H]3CC=NO3)cc2)cc1. The summed E-state index contributed by atoms with van der Waals surface area (Å²) in [6.45, 7) is 2.00. The molecule has 0 unspecified atom stereocenters. The van der Waals surface area contributed by atoms with E-state index in [9.17, 15) is 4.79 Å². The monoisotopic (exact) mass is 280 g/mol. The fourth-order valence-corrected chi connectivity index (χ4v) is 2.18. The molecule has 0 bridgehead atoms. The number of aryl methyl sites for hydroxylation is 1. The van der Waals surface area contributed by atoms with Crippen LogP contribution in [0, 0.1) is 6.92 Å². The highest BCUT2D eigenvalue weighted by Gasteiger charge is 2.15. The van der Waals surface area contributed by atoms with E-state index >= 15 is 0 Å². The number of nitrogens with one attached hydrogen (secondary N) is 1. The van der Waals surface area contributed by atoms with Crippen molar-refractivity contribution in [3.05, 3.63) is 65.2 Å². The van der Waals surface area contributed by atoms with Crippen LogP contribution in [0.15, 0.2) is 53.7 Å². The maximum absolute atomic E-state index is 12.1. The van der Waals surface area contributed by atoms with Crippen LogP contribution >= 0.6 is 0 Å². The molecular formula is C17H16N2O2. The van der Waals surface area contributed by atoms with Gasteiger partial charge < -0.3 is 10.2 Å². The van der Waals surface area contributed by atoms with Gasteiger partial charge in [-0.2, -0.15) is 0 Å². The van der Waals surface area contributed by atoms with Gasteiger partial charge in [0.05, 0.1) is 0 Å². The van der Waals surface area contributed by atoms with Crippen LogP contribution in [0.2, 0.25) is 0 Å². The molecule has 1 N–H and O–H groups in total. The third-order valence-corrected chi connectivity index (χ3v) is 3.44. The van der Waals surface area contributed by atoms with Gasteiger partial charge >= 0.3 is 0 Å². The van der Waals surface area contributed by atoms with Crippen molar-refractivity contribution < 1.29 is 9.63 Å². The summed E-state index contributed by atoms with van der Waals surface area (Å²) >= 11 is 0. The molecule has 1 amide bonds. The average molecular weight is 280 g/mol. The lowest BCUT2D eigenvalue weighted by molar-refractivity contribution is 0.0858. The lowest BCUT2D eigenvalue weighted by Crippen LogP contribution is -2.11. The van der Waals surface area contributed by atoms with Crippen molar-refractivity contribution in [1.82, 2.24) is 0 Å². The van der Waals surface area contributed by atoms with Crippen molar-refractivity contribution in [3.63, 3.8) is 0 Å². The predicted octanol–water partition coefficient (Wildman–Crippen LogP) is 3.69. The minimum atomic E-state index is -0.108. The Morgan fingerprint density at radius 2 is 1.86 bits per heavy atom. The first-order valence-electron chi connectivity index (χ1n) is 6.88. The van der Waals surface area contributed by atoms with Gasteiger partial charge in [-0.3, -0.25) is 4.79 Å². The molecule has 106 valence electrons. The first kappa shape index (κ1) is 13.4. The Balaban J connectivity index is 1.67. The Hall–Kier alpha value is -2.62. The van der Waals surface area contributed by atoms with Crippen LogP contribution in [0.25, 0.3) is 0 Å². The minimum absolute atomic E-state index is 0.00755. The smallest absolute Gasteiger partial charge is 0.255 e. The van der Waals surface area contributed by atoms with Crippen LogP contribution in [0.5, 0.6) is 0 Å². The van der Waals surface area contributed by atoms with E-state index in [0.717, 1.165) is 23.2 Å².